The van der Waals surface area contributed by atoms with Gasteiger partial charge in [-0.05, 0) is 48.6 Å². The number of nitrogens with zero attached hydrogens (tertiary/aromatic N) is 1. The summed E-state index contributed by atoms with van der Waals surface area (Å²) in [5, 5.41) is 11.7. The van der Waals surface area contributed by atoms with E-state index in [9.17, 15) is 9.90 Å². The Morgan fingerprint density at radius 3 is 2.73 bits per heavy atom. The van der Waals surface area contributed by atoms with Crippen molar-refractivity contribution >= 4 is 38.3 Å². The van der Waals surface area contributed by atoms with Gasteiger partial charge in [-0.1, -0.05) is 24.3 Å². The van der Waals surface area contributed by atoms with Crippen LogP contribution in [0, 0.1) is 19.8 Å². The van der Waals surface area contributed by atoms with Crippen LogP contribution in [0.5, 0.6) is 5.75 Å². The van der Waals surface area contributed by atoms with Crippen molar-refractivity contribution in [2.75, 3.05) is 19.8 Å². The zero-order valence-corrected chi connectivity index (χ0v) is 17.6. The number of fused-ring (bicyclic) bond motifs is 2. The molecule has 1 fully saturated rings. The van der Waals surface area contributed by atoms with Gasteiger partial charge in [-0.25, -0.2) is 9.78 Å². The van der Waals surface area contributed by atoms with E-state index in [4.69, 9.17) is 14.5 Å². The van der Waals surface area contributed by atoms with Crippen LogP contribution in [-0.2, 0) is 4.74 Å². The second kappa shape index (κ2) is 7.38. The topological polar surface area (TPSA) is 68.7 Å². The number of rotatable bonds is 5. The molecule has 0 bridgehead atoms. The highest BCUT2D eigenvalue weighted by Gasteiger charge is 2.23. The molecule has 0 radical (unpaired) electrons. The van der Waals surface area contributed by atoms with Crippen molar-refractivity contribution in [2.45, 2.75) is 13.8 Å². The van der Waals surface area contributed by atoms with Gasteiger partial charge >= 0.3 is 5.97 Å². The summed E-state index contributed by atoms with van der Waals surface area (Å²) in [7, 11) is 0. The smallest absolute Gasteiger partial charge is 0.336 e. The summed E-state index contributed by atoms with van der Waals surface area (Å²) in [6.45, 7) is 5.89. The van der Waals surface area contributed by atoms with E-state index >= 15 is 0 Å². The minimum absolute atomic E-state index is 0.218. The molecule has 2 aromatic carbocycles. The summed E-state index contributed by atoms with van der Waals surface area (Å²) in [5.74, 6) is -0.0695. The van der Waals surface area contributed by atoms with Gasteiger partial charge in [0, 0.05) is 10.6 Å². The van der Waals surface area contributed by atoms with Crippen LogP contribution in [0.2, 0.25) is 0 Å². The number of hydrogen-bond acceptors (Lipinski definition) is 5. The molecular weight excluding hydrogens is 398 g/mol. The fourth-order valence-corrected chi connectivity index (χ4v) is 5.02. The van der Waals surface area contributed by atoms with Gasteiger partial charge in [-0.2, -0.15) is 0 Å². The third-order valence-corrected chi connectivity index (χ3v) is 6.91. The molecule has 1 aliphatic rings. The van der Waals surface area contributed by atoms with Crippen molar-refractivity contribution < 1.29 is 19.4 Å². The number of carboxylic acids is 1. The third-order valence-electron chi connectivity index (χ3n) is 5.61. The number of thiophene rings is 1. The molecule has 1 saturated heterocycles. The Morgan fingerprint density at radius 1 is 1.23 bits per heavy atom. The number of aromatic carboxylic acids is 1. The summed E-state index contributed by atoms with van der Waals surface area (Å²) in [4.78, 5) is 18.1. The molecule has 0 aliphatic carbocycles. The maximum absolute atomic E-state index is 12.2. The summed E-state index contributed by atoms with van der Waals surface area (Å²) < 4.78 is 12.4. The number of carboxylic acid groups (broad SMARTS) is 1. The van der Waals surface area contributed by atoms with Gasteiger partial charge in [-0.3, -0.25) is 0 Å². The molecule has 4 aromatic rings. The zero-order valence-electron chi connectivity index (χ0n) is 16.8. The highest BCUT2D eigenvalue weighted by molar-refractivity contribution is 7.22. The number of benzene rings is 2. The first-order chi connectivity index (χ1) is 14.5. The molecule has 5 nitrogen and oxygen atoms in total. The van der Waals surface area contributed by atoms with Crippen molar-refractivity contribution in [2.24, 2.45) is 5.92 Å². The van der Waals surface area contributed by atoms with Crippen LogP contribution in [0.3, 0.4) is 0 Å². The molecule has 30 heavy (non-hydrogen) atoms. The lowest BCUT2D eigenvalue weighted by Crippen LogP contribution is -2.32. The van der Waals surface area contributed by atoms with Crippen LogP contribution >= 0.6 is 11.3 Å². The second-order valence-electron chi connectivity index (χ2n) is 7.73. The van der Waals surface area contributed by atoms with Crippen molar-refractivity contribution in [3.05, 3.63) is 59.2 Å². The minimum atomic E-state index is -0.982. The van der Waals surface area contributed by atoms with E-state index in [-0.39, 0.29) is 5.56 Å². The maximum Gasteiger partial charge on any atom is 0.336 e. The van der Waals surface area contributed by atoms with Gasteiger partial charge in [0.05, 0.1) is 46.9 Å². The van der Waals surface area contributed by atoms with Gasteiger partial charge in [0.25, 0.3) is 0 Å². The van der Waals surface area contributed by atoms with Crippen molar-refractivity contribution in [3.8, 4) is 16.3 Å². The van der Waals surface area contributed by atoms with Crippen LogP contribution < -0.4 is 4.74 Å². The first kappa shape index (κ1) is 19.0. The highest BCUT2D eigenvalue weighted by Crippen LogP contribution is 2.40. The predicted molar refractivity (Wildman–Crippen MR) is 119 cm³/mol. The molecule has 2 aromatic heterocycles. The molecule has 0 atom stereocenters. The first-order valence-corrected chi connectivity index (χ1v) is 10.7. The van der Waals surface area contributed by atoms with Gasteiger partial charge in [-0.15, -0.1) is 11.3 Å². The Hall–Kier alpha value is -2.96. The fourth-order valence-electron chi connectivity index (χ4n) is 3.86. The molecular formula is C24H21NO4S. The van der Waals surface area contributed by atoms with E-state index in [1.165, 1.54) is 10.1 Å². The molecule has 6 heteroatoms. The van der Waals surface area contributed by atoms with Crippen LogP contribution in [0.25, 0.3) is 31.6 Å². The van der Waals surface area contributed by atoms with Gasteiger partial charge < -0.3 is 14.6 Å². The number of aromatic nitrogens is 1. The fraction of sp³-hybridized carbons (Fsp3) is 0.250. The van der Waals surface area contributed by atoms with Gasteiger partial charge in [0.15, 0.2) is 0 Å². The van der Waals surface area contributed by atoms with E-state index in [0.29, 0.717) is 48.1 Å². The predicted octanol–water partition coefficient (Wildman–Crippen LogP) is 5.46. The van der Waals surface area contributed by atoms with Crippen molar-refractivity contribution in [1.82, 2.24) is 4.98 Å². The highest BCUT2D eigenvalue weighted by atomic mass is 32.1. The SMILES string of the molecule is Cc1c(-c2cc(C(=O)O)c3c(OCC4COC4)ccc(C)c3n2)sc2ccccc12. The normalized spacial score (nSPS) is 14.2. The third kappa shape index (κ3) is 3.13. The standard InChI is InChI=1S/C24H21NO4S/c1-13-7-8-19(29-12-15-10-28-11-15)21-17(24(26)27)9-18(25-22(13)21)23-14(2)16-5-3-4-6-20(16)30-23/h3-9,15H,10-12H2,1-2H3,(H,26,27). The molecule has 3 heterocycles. The van der Waals surface area contributed by atoms with Crippen molar-refractivity contribution in [3.63, 3.8) is 0 Å². The Balaban J connectivity index is 1.70. The maximum atomic E-state index is 12.2. The Labute approximate surface area is 177 Å². The van der Waals surface area contributed by atoms with Crippen LogP contribution in [0.4, 0.5) is 0 Å². The lowest BCUT2D eigenvalue weighted by Gasteiger charge is -2.26. The van der Waals surface area contributed by atoms with Gasteiger partial charge in [0.2, 0.25) is 0 Å². The molecule has 0 amide bonds. The summed E-state index contributed by atoms with van der Waals surface area (Å²) in [5.41, 5.74) is 3.62. The largest absolute Gasteiger partial charge is 0.492 e. The summed E-state index contributed by atoms with van der Waals surface area (Å²) >= 11 is 1.64. The first-order valence-electron chi connectivity index (χ1n) is 9.89. The van der Waals surface area contributed by atoms with E-state index in [1.54, 1.807) is 17.4 Å². The zero-order chi connectivity index (χ0) is 20.8. The summed E-state index contributed by atoms with van der Waals surface area (Å²) in [6, 6.07) is 13.7. The quantitative estimate of drug-likeness (QED) is 0.465. The summed E-state index contributed by atoms with van der Waals surface area (Å²) in [6.07, 6.45) is 0. The van der Waals surface area contributed by atoms with Crippen LogP contribution in [0.1, 0.15) is 21.5 Å². The van der Waals surface area contributed by atoms with E-state index < -0.39 is 5.97 Å². The number of pyridine rings is 1. The Bertz CT molecular complexity index is 1290. The molecule has 1 aliphatic heterocycles. The average Bonchev–Trinajstić information content (AvgIpc) is 3.04. The van der Waals surface area contributed by atoms with Crippen molar-refractivity contribution in [1.29, 1.82) is 0 Å². The van der Waals surface area contributed by atoms with E-state index in [2.05, 4.69) is 19.1 Å². The molecule has 5 rings (SSSR count). The monoisotopic (exact) mass is 419 g/mol. The van der Waals surface area contributed by atoms with E-state index in [1.807, 2.05) is 31.2 Å². The second-order valence-corrected chi connectivity index (χ2v) is 8.78. The minimum Gasteiger partial charge on any atom is -0.492 e. The average molecular weight is 420 g/mol. The molecule has 0 spiro atoms. The number of hydrogen-bond donors (Lipinski definition) is 1. The molecule has 0 saturated carbocycles. The lowest BCUT2D eigenvalue weighted by atomic mass is 10.0. The van der Waals surface area contributed by atoms with Gasteiger partial charge in [0.1, 0.15) is 5.75 Å². The number of aryl methyl sites for hydroxylation is 2. The number of carbonyl (C=O) groups is 1. The molecule has 152 valence electrons. The Morgan fingerprint density at radius 2 is 2.03 bits per heavy atom. The molecule has 0 unspecified atom stereocenters. The molecule has 1 N–H and O–H groups in total. The Kier molecular flexibility index (Phi) is 4.68. The van der Waals surface area contributed by atoms with Crippen LogP contribution in [0.15, 0.2) is 42.5 Å². The van der Waals surface area contributed by atoms with E-state index in [0.717, 1.165) is 16.0 Å². The number of ether oxygens (including phenoxy) is 2. The van der Waals surface area contributed by atoms with Crippen LogP contribution in [-0.4, -0.2) is 35.9 Å². The lowest BCUT2D eigenvalue weighted by molar-refractivity contribution is -0.0506.